The Bertz CT molecular complexity index is 1250. The summed E-state index contributed by atoms with van der Waals surface area (Å²) in [5, 5.41) is 21.3. The molecule has 4 aromatic rings. The van der Waals surface area contributed by atoms with Crippen molar-refractivity contribution in [1.82, 2.24) is 15.1 Å². The number of carbonyl (C=O) groups is 1. The molecule has 8 nitrogen and oxygen atoms in total. The average molecular weight is 456 g/mol. The molecule has 0 saturated carbocycles. The summed E-state index contributed by atoms with van der Waals surface area (Å²) < 4.78 is 1.88. The molecule has 0 aliphatic carbocycles. The number of nitro benzene ring substituents is 1. The summed E-state index contributed by atoms with van der Waals surface area (Å²) in [6, 6.07) is 24.6. The molecule has 1 aromatic heterocycles. The second kappa shape index (κ2) is 10.9. The Labute approximate surface area is 197 Å². The number of nitrogens with one attached hydrogen (secondary N) is 2. The van der Waals surface area contributed by atoms with Crippen LogP contribution >= 0.6 is 0 Å². The molecule has 2 N–H and O–H groups in total. The van der Waals surface area contributed by atoms with Crippen molar-refractivity contribution in [2.24, 2.45) is 0 Å². The maximum Gasteiger partial charge on any atom is 0.292 e. The Morgan fingerprint density at radius 3 is 2.50 bits per heavy atom. The number of amides is 1. The number of nitrogens with zero attached hydrogens (tertiary/aromatic N) is 3. The lowest BCUT2D eigenvalue weighted by Gasteiger charge is -2.12. The molecule has 0 atom stereocenters. The maximum absolute atomic E-state index is 12.4. The van der Waals surface area contributed by atoms with Gasteiger partial charge < -0.3 is 10.6 Å². The predicted octanol–water partition coefficient (Wildman–Crippen LogP) is 4.63. The number of aromatic nitrogens is 2. The first-order valence-corrected chi connectivity index (χ1v) is 11.0. The number of hydrogen-bond donors (Lipinski definition) is 2. The molecule has 34 heavy (non-hydrogen) atoms. The van der Waals surface area contributed by atoms with E-state index in [-0.39, 0.29) is 18.0 Å². The van der Waals surface area contributed by atoms with Crippen LogP contribution in [-0.4, -0.2) is 27.2 Å². The third-order valence-electron chi connectivity index (χ3n) is 5.43. The maximum atomic E-state index is 12.4. The first-order chi connectivity index (χ1) is 16.6. The van der Waals surface area contributed by atoms with Crippen molar-refractivity contribution in [3.05, 3.63) is 112 Å². The van der Waals surface area contributed by atoms with Gasteiger partial charge in [-0.15, -0.1) is 0 Å². The molecule has 3 aromatic carbocycles. The van der Waals surface area contributed by atoms with Gasteiger partial charge in [0.25, 0.3) is 5.69 Å². The topological polar surface area (TPSA) is 102 Å². The van der Waals surface area contributed by atoms with Gasteiger partial charge in [-0.1, -0.05) is 60.7 Å². The fraction of sp³-hybridized carbons (Fsp3) is 0.154. The van der Waals surface area contributed by atoms with E-state index in [9.17, 15) is 14.9 Å². The number of hydrogen-bond acceptors (Lipinski definition) is 5. The molecular formula is C26H25N5O3. The predicted molar refractivity (Wildman–Crippen MR) is 131 cm³/mol. The van der Waals surface area contributed by atoms with Crippen LogP contribution in [0.15, 0.2) is 91.3 Å². The van der Waals surface area contributed by atoms with Gasteiger partial charge in [0.2, 0.25) is 5.91 Å². The van der Waals surface area contributed by atoms with Crippen LogP contribution in [0.4, 0.5) is 11.4 Å². The van der Waals surface area contributed by atoms with Gasteiger partial charge in [-0.2, -0.15) is 5.10 Å². The summed E-state index contributed by atoms with van der Waals surface area (Å²) in [5.41, 5.74) is 4.71. The van der Waals surface area contributed by atoms with Crippen LogP contribution in [0.2, 0.25) is 0 Å². The van der Waals surface area contributed by atoms with Gasteiger partial charge in [-0.3, -0.25) is 19.6 Å². The number of carbonyl (C=O) groups excluding carboxylic acids is 1. The summed E-state index contributed by atoms with van der Waals surface area (Å²) in [4.78, 5) is 23.0. The van der Waals surface area contributed by atoms with E-state index in [0.717, 1.165) is 22.3 Å². The molecule has 4 rings (SSSR count). The van der Waals surface area contributed by atoms with Gasteiger partial charge in [-0.25, -0.2) is 0 Å². The molecule has 0 unspecified atom stereocenters. The highest BCUT2D eigenvalue weighted by Gasteiger charge is 2.12. The Morgan fingerprint density at radius 2 is 1.74 bits per heavy atom. The largest absolute Gasteiger partial charge is 0.379 e. The second-order valence-corrected chi connectivity index (χ2v) is 7.79. The van der Waals surface area contributed by atoms with Crippen molar-refractivity contribution in [2.75, 3.05) is 11.9 Å². The van der Waals surface area contributed by atoms with Crippen LogP contribution in [0.3, 0.4) is 0 Å². The zero-order valence-electron chi connectivity index (χ0n) is 18.6. The van der Waals surface area contributed by atoms with Gasteiger partial charge in [0.1, 0.15) is 5.69 Å². The first kappa shape index (κ1) is 22.7. The van der Waals surface area contributed by atoms with Gasteiger partial charge >= 0.3 is 0 Å². The van der Waals surface area contributed by atoms with Gasteiger partial charge in [0, 0.05) is 38.0 Å². The van der Waals surface area contributed by atoms with E-state index in [1.165, 1.54) is 6.07 Å². The number of para-hydroxylation sites is 2. The third kappa shape index (κ3) is 5.86. The number of anilines is 1. The number of rotatable bonds is 10. The molecule has 0 aliphatic rings. The molecule has 1 amide bonds. The summed E-state index contributed by atoms with van der Waals surface area (Å²) in [7, 11) is 0. The van der Waals surface area contributed by atoms with Gasteiger partial charge in [0.15, 0.2) is 0 Å². The lowest BCUT2D eigenvalue weighted by atomic mass is 9.98. The van der Waals surface area contributed by atoms with Crippen LogP contribution in [0.25, 0.3) is 11.1 Å². The number of benzene rings is 3. The second-order valence-electron chi connectivity index (χ2n) is 7.79. The van der Waals surface area contributed by atoms with Crippen molar-refractivity contribution in [3.8, 4) is 11.1 Å². The molecule has 0 radical (unpaired) electrons. The monoisotopic (exact) mass is 455 g/mol. The Hall–Kier alpha value is -4.46. The van der Waals surface area contributed by atoms with E-state index < -0.39 is 4.92 Å². The Kier molecular flexibility index (Phi) is 7.29. The highest BCUT2D eigenvalue weighted by Crippen LogP contribution is 2.25. The SMILES string of the molecule is O=C(CCNc1ccccc1[N+](=O)[O-])NCc1ccccc1-c1ccc(Cn2cccn2)cc1. The fourth-order valence-corrected chi connectivity index (χ4v) is 3.70. The normalized spacial score (nSPS) is 10.6. The van der Waals surface area contributed by atoms with E-state index in [4.69, 9.17) is 0 Å². The van der Waals surface area contributed by atoms with Crippen molar-refractivity contribution in [1.29, 1.82) is 0 Å². The van der Waals surface area contributed by atoms with Crippen LogP contribution in [0.1, 0.15) is 17.5 Å². The minimum absolute atomic E-state index is 0.00697. The van der Waals surface area contributed by atoms with Crippen molar-refractivity contribution in [3.63, 3.8) is 0 Å². The first-order valence-electron chi connectivity index (χ1n) is 11.0. The van der Waals surface area contributed by atoms with Crippen LogP contribution in [0, 0.1) is 10.1 Å². The molecule has 0 spiro atoms. The summed E-state index contributed by atoms with van der Waals surface area (Å²) in [6.07, 6.45) is 3.90. The van der Waals surface area contributed by atoms with Crippen LogP contribution < -0.4 is 10.6 Å². The van der Waals surface area contributed by atoms with Crippen LogP contribution in [-0.2, 0) is 17.9 Å². The molecule has 1 heterocycles. The quantitative estimate of drug-likeness (QED) is 0.268. The van der Waals surface area contributed by atoms with Gasteiger partial charge in [0.05, 0.1) is 11.5 Å². The van der Waals surface area contributed by atoms with Gasteiger partial charge in [-0.05, 0) is 34.4 Å². The molecule has 0 aliphatic heterocycles. The van der Waals surface area contributed by atoms with Crippen molar-refractivity contribution in [2.45, 2.75) is 19.5 Å². The lowest BCUT2D eigenvalue weighted by molar-refractivity contribution is -0.384. The zero-order valence-corrected chi connectivity index (χ0v) is 18.6. The van der Waals surface area contributed by atoms with Crippen molar-refractivity contribution >= 4 is 17.3 Å². The summed E-state index contributed by atoms with van der Waals surface area (Å²) >= 11 is 0. The van der Waals surface area contributed by atoms with Crippen molar-refractivity contribution < 1.29 is 9.72 Å². The van der Waals surface area contributed by atoms with E-state index >= 15 is 0 Å². The zero-order chi connectivity index (χ0) is 23.8. The Morgan fingerprint density at radius 1 is 0.971 bits per heavy atom. The van der Waals surface area contributed by atoms with E-state index in [2.05, 4.69) is 40.0 Å². The molecule has 8 heteroatoms. The fourth-order valence-electron chi connectivity index (χ4n) is 3.70. The standard InChI is InChI=1S/C26H25N5O3/c32-26(14-16-27-24-8-3-4-9-25(24)31(33)34)28-18-22-6-1-2-7-23(22)21-12-10-20(11-13-21)19-30-17-5-15-29-30/h1-13,15,17,27H,14,16,18-19H2,(H,28,32). The van der Waals surface area contributed by atoms with E-state index in [1.54, 1.807) is 24.4 Å². The highest BCUT2D eigenvalue weighted by atomic mass is 16.6. The summed E-state index contributed by atoms with van der Waals surface area (Å²) in [5.74, 6) is -0.129. The van der Waals surface area contributed by atoms with E-state index in [0.29, 0.717) is 25.3 Å². The summed E-state index contributed by atoms with van der Waals surface area (Å²) in [6.45, 7) is 1.41. The average Bonchev–Trinajstić information content (AvgIpc) is 3.37. The molecule has 0 fully saturated rings. The molecule has 172 valence electrons. The Balaban J connectivity index is 1.32. The lowest BCUT2D eigenvalue weighted by Crippen LogP contribution is -2.25. The molecule has 0 bridgehead atoms. The highest BCUT2D eigenvalue weighted by molar-refractivity contribution is 5.77. The minimum atomic E-state index is -0.441. The smallest absolute Gasteiger partial charge is 0.292 e. The van der Waals surface area contributed by atoms with Crippen LogP contribution in [0.5, 0.6) is 0 Å². The number of nitro groups is 1. The molecular weight excluding hydrogens is 430 g/mol. The third-order valence-corrected chi connectivity index (χ3v) is 5.43. The minimum Gasteiger partial charge on any atom is -0.379 e. The van der Waals surface area contributed by atoms with E-state index in [1.807, 2.05) is 41.2 Å². The molecule has 0 saturated heterocycles.